The summed E-state index contributed by atoms with van der Waals surface area (Å²) in [5.41, 5.74) is 6.61. The van der Waals surface area contributed by atoms with Crippen LogP contribution < -0.4 is 10.9 Å². The first kappa shape index (κ1) is 8.01. The molecule has 0 aromatic rings. The second-order valence-corrected chi connectivity index (χ2v) is 3.69. The van der Waals surface area contributed by atoms with Crippen molar-refractivity contribution in [2.75, 3.05) is 6.54 Å². The van der Waals surface area contributed by atoms with Crippen molar-refractivity contribution in [1.29, 1.82) is 0 Å². The summed E-state index contributed by atoms with van der Waals surface area (Å²) in [6, 6.07) is 0. The Morgan fingerprint density at radius 2 is 2.08 bits per heavy atom. The van der Waals surface area contributed by atoms with Crippen LogP contribution in [0.4, 0.5) is 0 Å². The number of hydrogen-bond acceptors (Lipinski definition) is 4. The van der Waals surface area contributed by atoms with Crippen molar-refractivity contribution >= 4 is 6.47 Å². The van der Waals surface area contributed by atoms with Crippen LogP contribution in [-0.2, 0) is 9.53 Å². The van der Waals surface area contributed by atoms with Gasteiger partial charge in [0, 0.05) is 12.1 Å². The molecule has 1 spiro atoms. The summed E-state index contributed by atoms with van der Waals surface area (Å²) < 4.78 is 4.92. The Labute approximate surface area is 71.6 Å². The lowest BCUT2D eigenvalue weighted by Gasteiger charge is -2.47. The van der Waals surface area contributed by atoms with Gasteiger partial charge in [-0.25, -0.2) is 0 Å². The summed E-state index contributed by atoms with van der Waals surface area (Å²) in [6.45, 7) is 1.62. The van der Waals surface area contributed by atoms with E-state index in [4.69, 9.17) is 4.74 Å². The summed E-state index contributed by atoms with van der Waals surface area (Å²) in [5, 5.41) is 0. The van der Waals surface area contributed by atoms with Crippen LogP contribution in [0.3, 0.4) is 0 Å². The molecule has 0 aromatic heterocycles. The molecule has 2 N–H and O–H groups in total. The largest absolute Gasteiger partial charge is 0.465 e. The molecule has 0 bridgehead atoms. The van der Waals surface area contributed by atoms with Crippen molar-refractivity contribution in [3.8, 4) is 0 Å². The van der Waals surface area contributed by atoms with Crippen molar-refractivity contribution in [2.24, 2.45) is 0 Å². The Kier molecular flexibility index (Phi) is 2.02. The molecule has 12 heavy (non-hydrogen) atoms. The highest BCUT2D eigenvalue weighted by molar-refractivity contribution is 5.37. The summed E-state index contributed by atoms with van der Waals surface area (Å²) in [7, 11) is 0. The summed E-state index contributed by atoms with van der Waals surface area (Å²) in [5.74, 6) is 0. The van der Waals surface area contributed by atoms with Gasteiger partial charge in [-0.15, -0.1) is 0 Å². The van der Waals surface area contributed by atoms with E-state index >= 15 is 0 Å². The molecule has 0 radical (unpaired) electrons. The van der Waals surface area contributed by atoms with E-state index in [1.807, 2.05) is 0 Å². The number of carbonyl (C=O) groups is 1. The molecule has 2 fully saturated rings. The van der Waals surface area contributed by atoms with Crippen molar-refractivity contribution in [3.63, 3.8) is 0 Å². The average molecular weight is 170 g/mol. The highest BCUT2D eigenvalue weighted by atomic mass is 16.5. The highest BCUT2D eigenvalue weighted by Gasteiger charge is 2.40. The van der Waals surface area contributed by atoms with Gasteiger partial charge in [0.2, 0.25) is 0 Å². The molecule has 1 aliphatic carbocycles. The minimum Gasteiger partial charge on any atom is -0.465 e. The van der Waals surface area contributed by atoms with E-state index in [0.29, 0.717) is 12.0 Å². The maximum atomic E-state index is 10.1. The number of rotatable bonds is 2. The predicted octanol–water partition coefficient (Wildman–Crippen LogP) is -0.0514. The van der Waals surface area contributed by atoms with Crippen LogP contribution in [0.25, 0.3) is 0 Å². The third kappa shape index (κ3) is 1.32. The van der Waals surface area contributed by atoms with Crippen molar-refractivity contribution in [1.82, 2.24) is 10.9 Å². The zero-order valence-electron chi connectivity index (χ0n) is 7.01. The summed E-state index contributed by atoms with van der Waals surface area (Å²) in [4.78, 5) is 10.1. The van der Waals surface area contributed by atoms with Gasteiger partial charge in [-0.3, -0.25) is 15.6 Å². The molecule has 4 nitrogen and oxygen atoms in total. The lowest BCUT2D eigenvalue weighted by molar-refractivity contribution is -0.136. The first-order valence-corrected chi connectivity index (χ1v) is 4.44. The lowest BCUT2D eigenvalue weighted by Crippen LogP contribution is -2.71. The van der Waals surface area contributed by atoms with Crippen molar-refractivity contribution in [2.45, 2.75) is 37.3 Å². The normalized spacial score (nSPS) is 40.5. The number of hydrogen-bond donors (Lipinski definition) is 2. The molecular formula is C8H14N2O2. The SMILES string of the molecule is O=COC1CCC2(CC1)CNN2. The molecule has 0 atom stereocenters. The predicted molar refractivity (Wildman–Crippen MR) is 43.3 cm³/mol. The van der Waals surface area contributed by atoms with Crippen LogP contribution in [0, 0.1) is 0 Å². The number of ether oxygens (including phenoxy) is 1. The van der Waals surface area contributed by atoms with E-state index in [2.05, 4.69) is 10.9 Å². The molecule has 68 valence electrons. The monoisotopic (exact) mass is 170 g/mol. The molecule has 1 heterocycles. The fraction of sp³-hybridized carbons (Fsp3) is 0.875. The van der Waals surface area contributed by atoms with Gasteiger partial charge < -0.3 is 4.74 Å². The van der Waals surface area contributed by atoms with Crippen LogP contribution in [0.5, 0.6) is 0 Å². The molecule has 1 aliphatic heterocycles. The lowest BCUT2D eigenvalue weighted by atomic mass is 9.79. The van der Waals surface area contributed by atoms with E-state index in [1.54, 1.807) is 0 Å². The Balaban J connectivity index is 1.80. The van der Waals surface area contributed by atoms with Gasteiger partial charge in [0.1, 0.15) is 6.10 Å². The van der Waals surface area contributed by atoms with E-state index in [0.717, 1.165) is 32.2 Å². The maximum Gasteiger partial charge on any atom is 0.293 e. The van der Waals surface area contributed by atoms with Crippen molar-refractivity contribution < 1.29 is 9.53 Å². The smallest absolute Gasteiger partial charge is 0.293 e. The standard InChI is InChI=1S/C8H14N2O2/c11-6-12-7-1-3-8(4-2-7)5-9-10-8/h6-7,9-10H,1-5H2. The van der Waals surface area contributed by atoms with Crippen LogP contribution in [0.1, 0.15) is 25.7 Å². The van der Waals surface area contributed by atoms with E-state index in [-0.39, 0.29) is 6.10 Å². The molecule has 2 rings (SSSR count). The molecular weight excluding hydrogens is 156 g/mol. The molecule has 1 saturated heterocycles. The summed E-state index contributed by atoms with van der Waals surface area (Å²) >= 11 is 0. The average Bonchev–Trinajstić information content (AvgIpc) is 2.04. The van der Waals surface area contributed by atoms with Gasteiger partial charge in [0.25, 0.3) is 6.47 Å². The Bertz CT molecular complexity index is 170. The third-order valence-corrected chi connectivity index (χ3v) is 2.92. The Morgan fingerprint density at radius 3 is 2.50 bits per heavy atom. The summed E-state index contributed by atoms with van der Waals surface area (Å²) in [6.07, 6.45) is 4.37. The van der Waals surface area contributed by atoms with Crippen LogP contribution in [0.2, 0.25) is 0 Å². The maximum absolute atomic E-state index is 10.1. The zero-order valence-corrected chi connectivity index (χ0v) is 7.01. The topological polar surface area (TPSA) is 50.4 Å². The minimum absolute atomic E-state index is 0.163. The molecule has 0 aromatic carbocycles. The van der Waals surface area contributed by atoms with Crippen LogP contribution >= 0.6 is 0 Å². The van der Waals surface area contributed by atoms with Gasteiger partial charge in [-0.05, 0) is 25.7 Å². The van der Waals surface area contributed by atoms with Gasteiger partial charge >= 0.3 is 0 Å². The van der Waals surface area contributed by atoms with Gasteiger partial charge in [-0.1, -0.05) is 0 Å². The molecule has 0 amide bonds. The fourth-order valence-corrected chi connectivity index (χ4v) is 2.00. The molecule has 2 aliphatic rings. The number of hydrazine groups is 1. The molecule has 1 saturated carbocycles. The Morgan fingerprint density at radius 1 is 1.42 bits per heavy atom. The minimum atomic E-state index is 0.163. The number of nitrogens with one attached hydrogen (secondary N) is 2. The van der Waals surface area contributed by atoms with Gasteiger partial charge in [0.05, 0.1) is 0 Å². The quantitative estimate of drug-likeness (QED) is 0.570. The van der Waals surface area contributed by atoms with E-state index in [9.17, 15) is 4.79 Å². The van der Waals surface area contributed by atoms with Gasteiger partial charge in [0.15, 0.2) is 0 Å². The zero-order chi connectivity index (χ0) is 8.44. The highest BCUT2D eigenvalue weighted by Crippen LogP contribution is 2.31. The molecule has 0 unspecified atom stereocenters. The van der Waals surface area contributed by atoms with Gasteiger partial charge in [-0.2, -0.15) is 0 Å². The van der Waals surface area contributed by atoms with E-state index in [1.165, 1.54) is 0 Å². The van der Waals surface area contributed by atoms with E-state index < -0.39 is 0 Å². The third-order valence-electron chi connectivity index (χ3n) is 2.92. The second-order valence-electron chi connectivity index (χ2n) is 3.69. The second kappa shape index (κ2) is 3.03. The first-order valence-electron chi connectivity index (χ1n) is 4.44. The van der Waals surface area contributed by atoms with Crippen LogP contribution in [0.15, 0.2) is 0 Å². The van der Waals surface area contributed by atoms with Crippen molar-refractivity contribution in [3.05, 3.63) is 0 Å². The number of carbonyl (C=O) groups excluding carboxylic acids is 1. The fourth-order valence-electron chi connectivity index (χ4n) is 2.00. The molecule has 4 heteroatoms. The Hall–Kier alpha value is -0.610. The van der Waals surface area contributed by atoms with Crippen LogP contribution in [-0.4, -0.2) is 24.7 Å². The first-order chi connectivity index (χ1) is 5.85.